The molecule has 3 N–H and O–H groups in total. The van der Waals surface area contributed by atoms with Crippen LogP contribution in [0.2, 0.25) is 0 Å². The first-order valence-electron chi connectivity index (χ1n) is 12.4. The van der Waals surface area contributed by atoms with Gasteiger partial charge >= 0.3 is 5.65 Å². The molecule has 1 saturated carbocycles. The van der Waals surface area contributed by atoms with Crippen molar-refractivity contribution in [1.29, 1.82) is 0 Å². The number of rotatable bonds is 8. The van der Waals surface area contributed by atoms with Crippen LogP contribution in [0, 0.1) is 0 Å². The number of nitrogens with zero attached hydrogens (tertiary/aromatic N) is 7. The summed E-state index contributed by atoms with van der Waals surface area (Å²) < 4.78 is 7.65. The normalized spacial score (nSPS) is 21.5. The van der Waals surface area contributed by atoms with Crippen LogP contribution >= 0.6 is 35.1 Å². The second-order valence-corrected chi connectivity index (χ2v) is 12.3. The fourth-order valence-electron chi connectivity index (χ4n) is 4.73. The Kier molecular flexibility index (Phi) is 7.09. The van der Waals surface area contributed by atoms with Crippen LogP contribution in [0.1, 0.15) is 31.5 Å². The lowest BCUT2D eigenvalue weighted by Crippen LogP contribution is -2.71. The van der Waals surface area contributed by atoms with Crippen molar-refractivity contribution in [3.05, 3.63) is 41.0 Å². The van der Waals surface area contributed by atoms with Crippen molar-refractivity contribution in [2.45, 2.75) is 48.2 Å². The fraction of sp³-hybridized carbons (Fsp3) is 0.391. The molecule has 0 aromatic carbocycles. The van der Waals surface area contributed by atoms with Gasteiger partial charge in [0.2, 0.25) is 11.5 Å². The number of nitrogens with two attached hydrogens (primary N) is 1. The van der Waals surface area contributed by atoms with Crippen molar-refractivity contribution in [2.75, 3.05) is 11.5 Å². The van der Waals surface area contributed by atoms with Gasteiger partial charge in [-0.15, -0.1) is 16.3 Å². The quantitative estimate of drug-likeness (QED) is 0.146. The highest BCUT2D eigenvalue weighted by Gasteiger charge is 2.53. The third-order valence-electron chi connectivity index (χ3n) is 6.71. The predicted molar refractivity (Wildman–Crippen MR) is 143 cm³/mol. The van der Waals surface area contributed by atoms with Crippen molar-refractivity contribution in [3.8, 4) is 0 Å². The average molecular weight is 602 g/mol. The van der Waals surface area contributed by atoms with Gasteiger partial charge in [0, 0.05) is 28.3 Å². The number of carboxylic acid groups (broad SMARTS) is 1. The van der Waals surface area contributed by atoms with Crippen LogP contribution in [-0.4, -0.2) is 70.6 Å². The fourth-order valence-corrected chi connectivity index (χ4v) is 7.59. The number of carboxylic acids is 1. The summed E-state index contributed by atoms with van der Waals surface area (Å²) in [6.07, 6.45) is 7.21. The maximum atomic E-state index is 13.2. The molecule has 14 nitrogen and oxygen atoms in total. The molecule has 3 aliphatic rings. The average Bonchev–Trinajstić information content (AvgIpc) is 3.69. The van der Waals surface area contributed by atoms with Gasteiger partial charge in [-0.2, -0.15) is 9.36 Å². The number of anilines is 1. The van der Waals surface area contributed by atoms with Gasteiger partial charge in [-0.05, 0) is 31.7 Å². The maximum Gasteiger partial charge on any atom is 0.306 e. The number of hydrogen-bond acceptors (Lipinski definition) is 13. The molecule has 3 aromatic heterocycles. The number of aryl methyl sites for hydroxylation is 1. The van der Waals surface area contributed by atoms with Gasteiger partial charge in [0.15, 0.2) is 11.3 Å². The first-order chi connectivity index (χ1) is 19.3. The molecular weight excluding hydrogens is 579 g/mol. The summed E-state index contributed by atoms with van der Waals surface area (Å²) in [5.41, 5.74) is 6.14. The maximum absolute atomic E-state index is 13.2. The van der Waals surface area contributed by atoms with Gasteiger partial charge < -0.3 is 25.8 Å². The number of aromatic nitrogens is 5. The number of carbonyl (C=O) groups excluding carboxylic acids is 3. The first-order valence-corrected chi connectivity index (χ1v) is 15.0. The number of amides is 2. The summed E-state index contributed by atoms with van der Waals surface area (Å²) >= 11 is 3.39. The van der Waals surface area contributed by atoms with E-state index in [1.807, 2.05) is 23.9 Å². The third-order valence-corrected chi connectivity index (χ3v) is 9.73. The number of oxime groups is 1. The van der Waals surface area contributed by atoms with Gasteiger partial charge in [-0.3, -0.25) is 14.5 Å². The van der Waals surface area contributed by atoms with Gasteiger partial charge in [0.05, 0.1) is 18.7 Å². The molecule has 2 atom stereocenters. The van der Waals surface area contributed by atoms with E-state index in [-0.39, 0.29) is 34.2 Å². The molecule has 208 valence electrons. The van der Waals surface area contributed by atoms with Gasteiger partial charge in [0.25, 0.3) is 11.8 Å². The number of aliphatic carboxylic acids is 1. The van der Waals surface area contributed by atoms with Crippen LogP contribution < -0.4 is 20.7 Å². The van der Waals surface area contributed by atoms with Gasteiger partial charge in [0.1, 0.15) is 28.7 Å². The summed E-state index contributed by atoms with van der Waals surface area (Å²) in [7, 11) is 1.89. The Hall–Kier alpha value is -3.70. The second-order valence-electron chi connectivity index (χ2n) is 9.31. The Balaban J connectivity index is 1.20. The van der Waals surface area contributed by atoms with Gasteiger partial charge in [-0.25, -0.2) is 4.57 Å². The molecule has 1 aliphatic carbocycles. The van der Waals surface area contributed by atoms with E-state index in [1.165, 1.54) is 11.8 Å². The van der Waals surface area contributed by atoms with Crippen molar-refractivity contribution in [1.82, 2.24) is 29.2 Å². The summed E-state index contributed by atoms with van der Waals surface area (Å²) in [6, 6.07) is 2.67. The van der Waals surface area contributed by atoms with Gasteiger partial charge in [-0.1, -0.05) is 22.0 Å². The Morgan fingerprint density at radius 2 is 2.12 bits per heavy atom. The molecule has 5 heterocycles. The van der Waals surface area contributed by atoms with Crippen LogP contribution in [0.4, 0.5) is 5.13 Å². The number of nitrogen functional groups attached to an aromatic ring is 1. The first kappa shape index (κ1) is 26.5. The number of carbonyl (C=O) groups is 3. The second kappa shape index (κ2) is 10.7. The molecule has 2 amide bonds. The molecule has 3 aromatic rings. The minimum atomic E-state index is -1.48. The highest BCUT2D eigenvalue weighted by Crippen LogP contribution is 2.44. The van der Waals surface area contributed by atoms with E-state index in [1.54, 1.807) is 16.8 Å². The molecule has 17 heteroatoms. The zero-order valence-corrected chi connectivity index (χ0v) is 23.5. The molecule has 40 heavy (non-hydrogen) atoms. The van der Waals surface area contributed by atoms with Crippen LogP contribution in [0.5, 0.6) is 0 Å². The summed E-state index contributed by atoms with van der Waals surface area (Å²) in [5.74, 6) is -2.50. The lowest BCUT2D eigenvalue weighted by molar-refractivity contribution is -0.644. The smallest absolute Gasteiger partial charge is 0.306 e. The van der Waals surface area contributed by atoms with Crippen LogP contribution in [0.25, 0.3) is 5.65 Å². The Morgan fingerprint density at radius 3 is 2.85 bits per heavy atom. The molecule has 2 aliphatic heterocycles. The van der Waals surface area contributed by atoms with Crippen molar-refractivity contribution < 1.29 is 28.9 Å². The van der Waals surface area contributed by atoms with Crippen LogP contribution in [0.15, 0.2) is 45.3 Å². The van der Waals surface area contributed by atoms with E-state index in [2.05, 4.69) is 24.9 Å². The molecule has 0 bridgehead atoms. The monoisotopic (exact) mass is 601 g/mol. The summed E-state index contributed by atoms with van der Waals surface area (Å²) in [5, 5.41) is 23.4. The van der Waals surface area contributed by atoms with Crippen molar-refractivity contribution in [3.63, 3.8) is 0 Å². The number of fused-ring (bicyclic) bond motifs is 2. The zero-order chi connectivity index (χ0) is 28.0. The lowest BCUT2D eigenvalue weighted by atomic mass is 10.0. The lowest BCUT2D eigenvalue weighted by Gasteiger charge is -2.50. The standard InChI is InChI=1S/C23H23N9O5S3/c1-30-8-9-31-14(30)7-6-13(27-31)39-12-10-38-21-16(20(34)32(21)17(12)22(35)36)25-19(33)15(18-26-23(24)40-29-18)28-37-11-4-2-3-5-11/h6-9,11,16,21H,2-5,10H2,1H3,(H3-,24,25,26,29,33,35,36)/b28-15-/t16-,21-/m1/s1. The van der Waals surface area contributed by atoms with E-state index >= 15 is 0 Å². The van der Waals surface area contributed by atoms with E-state index in [0.717, 1.165) is 59.5 Å². The van der Waals surface area contributed by atoms with E-state index in [9.17, 15) is 19.5 Å². The minimum absolute atomic E-state index is 0.00677. The molecule has 0 unspecified atom stereocenters. The highest BCUT2D eigenvalue weighted by atomic mass is 32.2. The van der Waals surface area contributed by atoms with Crippen molar-refractivity contribution >= 4 is 69.3 Å². The highest BCUT2D eigenvalue weighted by molar-refractivity contribution is 8.06. The minimum Gasteiger partial charge on any atom is -0.543 e. The molecular formula is C23H23N9O5S3. The molecule has 0 spiro atoms. The summed E-state index contributed by atoms with van der Waals surface area (Å²) in [6.45, 7) is 0. The SMILES string of the molecule is C[n+]1ccn2nc(SC3=C(C(=O)[O-])N4C(=O)[C@@H](NC(=O)/C(=N\OC5CCCC5)c5nsc(N)n5)[C@H]4SC3)ccc21. The molecule has 2 fully saturated rings. The number of nitrogens with one attached hydrogen (secondary N) is 1. The number of imidazole rings is 1. The Labute approximate surface area is 239 Å². The van der Waals surface area contributed by atoms with Crippen molar-refractivity contribution in [2.24, 2.45) is 12.2 Å². The number of thioether (sulfide) groups is 2. The number of hydrogen-bond donors (Lipinski definition) is 2. The topological polar surface area (TPSA) is 184 Å². The van der Waals surface area contributed by atoms with E-state index < -0.39 is 29.2 Å². The van der Waals surface area contributed by atoms with Crippen LogP contribution in [0.3, 0.4) is 0 Å². The number of β-lactam (4-membered cyclic amide) rings is 1. The van der Waals surface area contributed by atoms with Crippen LogP contribution in [-0.2, 0) is 26.3 Å². The Bertz CT molecular complexity index is 1580. The Morgan fingerprint density at radius 1 is 1.32 bits per heavy atom. The predicted octanol–water partition coefficient (Wildman–Crippen LogP) is -0.590. The molecule has 1 saturated heterocycles. The van der Waals surface area contributed by atoms with E-state index in [4.69, 9.17) is 10.6 Å². The summed E-state index contributed by atoms with van der Waals surface area (Å²) in [4.78, 5) is 49.8. The third kappa shape index (κ3) is 4.88. The largest absolute Gasteiger partial charge is 0.543 e. The zero-order valence-electron chi connectivity index (χ0n) is 21.1. The molecule has 0 radical (unpaired) electrons. The van der Waals surface area contributed by atoms with E-state index in [0.29, 0.717) is 9.93 Å². The molecule has 6 rings (SSSR count).